The quantitative estimate of drug-likeness (QED) is 0.638. The van der Waals surface area contributed by atoms with Crippen LogP contribution in [0, 0.1) is 0 Å². The van der Waals surface area contributed by atoms with Crippen LogP contribution in [-0.4, -0.2) is 15.9 Å². The maximum Gasteiger partial charge on any atom is 0.323 e. The summed E-state index contributed by atoms with van der Waals surface area (Å²) in [5.74, 6) is -0.187. The summed E-state index contributed by atoms with van der Waals surface area (Å²) in [6.07, 6.45) is 0. The van der Waals surface area contributed by atoms with Crippen molar-refractivity contribution >= 4 is 38.6 Å². The van der Waals surface area contributed by atoms with Gasteiger partial charge in [-0.3, -0.25) is 4.79 Å². The van der Waals surface area contributed by atoms with E-state index in [1.54, 1.807) is 30.3 Å². The fraction of sp³-hybridized carbons (Fsp3) is 0.0667. The molecule has 21 heavy (non-hydrogen) atoms. The minimum Gasteiger partial charge on any atom is -0.322 e. The van der Waals surface area contributed by atoms with Crippen molar-refractivity contribution in [3.05, 3.63) is 64.1 Å². The highest BCUT2D eigenvalue weighted by molar-refractivity contribution is 9.08. The molecule has 106 valence electrons. The van der Waals surface area contributed by atoms with E-state index in [2.05, 4.69) is 31.2 Å². The number of aromatic amines is 2. The summed E-state index contributed by atoms with van der Waals surface area (Å²) in [6.45, 7) is 0. The SMILES string of the molecule is O=C(Nc1ccc2[nH]c(=O)[nH]c2c1)c1ccc(CBr)cc1. The monoisotopic (exact) mass is 345 g/mol. The lowest BCUT2D eigenvalue weighted by Gasteiger charge is -2.06. The van der Waals surface area contributed by atoms with E-state index in [0.717, 1.165) is 10.9 Å². The molecule has 0 aliphatic rings. The number of fused-ring (bicyclic) bond motifs is 1. The number of rotatable bonds is 3. The molecule has 1 heterocycles. The van der Waals surface area contributed by atoms with Crippen LogP contribution in [0.25, 0.3) is 11.0 Å². The van der Waals surface area contributed by atoms with Gasteiger partial charge >= 0.3 is 5.69 Å². The first-order valence-electron chi connectivity index (χ1n) is 6.34. The molecule has 5 nitrogen and oxygen atoms in total. The van der Waals surface area contributed by atoms with E-state index in [-0.39, 0.29) is 11.6 Å². The van der Waals surface area contributed by atoms with E-state index in [1.807, 2.05) is 12.1 Å². The van der Waals surface area contributed by atoms with Gasteiger partial charge in [0.15, 0.2) is 0 Å². The summed E-state index contributed by atoms with van der Waals surface area (Å²) in [7, 11) is 0. The van der Waals surface area contributed by atoms with Gasteiger partial charge in [-0.1, -0.05) is 28.1 Å². The Morgan fingerprint density at radius 3 is 2.48 bits per heavy atom. The highest BCUT2D eigenvalue weighted by Crippen LogP contribution is 2.16. The van der Waals surface area contributed by atoms with E-state index in [4.69, 9.17) is 0 Å². The molecule has 3 rings (SSSR count). The van der Waals surface area contributed by atoms with Gasteiger partial charge in [-0.25, -0.2) is 4.79 Å². The van der Waals surface area contributed by atoms with Crippen LogP contribution in [0.4, 0.5) is 5.69 Å². The number of hydrogen-bond acceptors (Lipinski definition) is 2. The molecule has 0 fully saturated rings. The largest absolute Gasteiger partial charge is 0.323 e. The first-order valence-corrected chi connectivity index (χ1v) is 7.46. The Bertz CT molecular complexity index is 849. The summed E-state index contributed by atoms with van der Waals surface area (Å²) in [4.78, 5) is 28.7. The molecule has 1 amide bonds. The second-order valence-corrected chi connectivity index (χ2v) is 5.18. The average Bonchev–Trinajstić information content (AvgIpc) is 2.86. The Morgan fingerprint density at radius 2 is 1.76 bits per heavy atom. The number of carbonyl (C=O) groups excluding carboxylic acids is 1. The Kier molecular flexibility index (Phi) is 3.62. The fourth-order valence-corrected chi connectivity index (χ4v) is 2.43. The molecule has 0 aliphatic carbocycles. The van der Waals surface area contributed by atoms with Crippen LogP contribution in [0.5, 0.6) is 0 Å². The molecule has 2 aromatic carbocycles. The van der Waals surface area contributed by atoms with E-state index >= 15 is 0 Å². The van der Waals surface area contributed by atoms with Crippen LogP contribution in [0.3, 0.4) is 0 Å². The number of anilines is 1. The molecule has 0 saturated carbocycles. The van der Waals surface area contributed by atoms with Crippen molar-refractivity contribution in [2.24, 2.45) is 0 Å². The van der Waals surface area contributed by atoms with Crippen LogP contribution in [0.15, 0.2) is 47.3 Å². The molecule has 3 aromatic rings. The molecule has 0 unspecified atom stereocenters. The van der Waals surface area contributed by atoms with Gasteiger partial charge in [0.05, 0.1) is 11.0 Å². The molecular weight excluding hydrogens is 334 g/mol. The smallest absolute Gasteiger partial charge is 0.322 e. The standard InChI is InChI=1S/C15H12BrN3O2/c16-8-9-1-3-10(4-2-9)14(20)17-11-5-6-12-13(7-11)19-15(21)18-12/h1-7H,8H2,(H,17,20)(H2,18,19,21). The normalized spacial score (nSPS) is 10.7. The Balaban J connectivity index is 1.82. The Labute approximate surface area is 128 Å². The van der Waals surface area contributed by atoms with E-state index in [0.29, 0.717) is 22.3 Å². The molecule has 0 radical (unpaired) electrons. The summed E-state index contributed by atoms with van der Waals surface area (Å²) in [6, 6.07) is 12.6. The van der Waals surface area contributed by atoms with Gasteiger partial charge in [0.25, 0.3) is 5.91 Å². The van der Waals surface area contributed by atoms with Gasteiger partial charge in [0, 0.05) is 16.6 Å². The van der Waals surface area contributed by atoms with E-state index < -0.39 is 0 Å². The number of imidazole rings is 1. The van der Waals surface area contributed by atoms with E-state index in [1.165, 1.54) is 0 Å². The number of benzene rings is 2. The van der Waals surface area contributed by atoms with Gasteiger partial charge in [-0.05, 0) is 35.9 Å². The molecule has 6 heteroatoms. The first kappa shape index (κ1) is 13.6. The summed E-state index contributed by atoms with van der Waals surface area (Å²) < 4.78 is 0. The number of amides is 1. The van der Waals surface area contributed by atoms with Gasteiger partial charge in [-0.15, -0.1) is 0 Å². The lowest BCUT2D eigenvalue weighted by molar-refractivity contribution is 0.102. The minimum atomic E-state index is -0.265. The third-order valence-corrected chi connectivity index (χ3v) is 3.79. The van der Waals surface area contributed by atoms with Gasteiger partial charge < -0.3 is 15.3 Å². The second kappa shape index (κ2) is 5.57. The molecule has 0 spiro atoms. The van der Waals surface area contributed by atoms with Crippen molar-refractivity contribution in [2.75, 3.05) is 5.32 Å². The third-order valence-electron chi connectivity index (χ3n) is 3.14. The van der Waals surface area contributed by atoms with Crippen molar-refractivity contribution in [3.63, 3.8) is 0 Å². The second-order valence-electron chi connectivity index (χ2n) is 4.62. The van der Waals surface area contributed by atoms with Gasteiger partial charge in [0.1, 0.15) is 0 Å². The molecule has 0 aliphatic heterocycles. The zero-order valence-corrected chi connectivity index (χ0v) is 12.5. The number of hydrogen-bond donors (Lipinski definition) is 3. The van der Waals surface area contributed by atoms with Crippen molar-refractivity contribution in [1.82, 2.24) is 9.97 Å². The topological polar surface area (TPSA) is 77.8 Å². The number of halogens is 1. The first-order chi connectivity index (χ1) is 10.2. The lowest BCUT2D eigenvalue weighted by atomic mass is 10.1. The minimum absolute atomic E-state index is 0.187. The van der Waals surface area contributed by atoms with Crippen LogP contribution < -0.4 is 11.0 Å². The zero-order valence-electron chi connectivity index (χ0n) is 10.9. The van der Waals surface area contributed by atoms with Crippen LogP contribution >= 0.6 is 15.9 Å². The average molecular weight is 346 g/mol. The fourth-order valence-electron chi connectivity index (χ4n) is 2.06. The number of H-pyrrole nitrogens is 2. The Hall–Kier alpha value is -2.34. The highest BCUT2D eigenvalue weighted by atomic mass is 79.9. The number of aromatic nitrogens is 2. The van der Waals surface area contributed by atoms with Crippen molar-refractivity contribution < 1.29 is 4.79 Å². The van der Waals surface area contributed by atoms with Crippen LogP contribution in [-0.2, 0) is 5.33 Å². The summed E-state index contributed by atoms with van der Waals surface area (Å²) in [5.41, 5.74) is 3.43. The van der Waals surface area contributed by atoms with Gasteiger partial charge in [-0.2, -0.15) is 0 Å². The lowest BCUT2D eigenvalue weighted by Crippen LogP contribution is -2.11. The predicted molar refractivity (Wildman–Crippen MR) is 85.9 cm³/mol. The summed E-state index contributed by atoms with van der Waals surface area (Å²) in [5, 5.41) is 3.57. The maximum atomic E-state index is 12.2. The molecule has 0 saturated heterocycles. The summed E-state index contributed by atoms with van der Waals surface area (Å²) >= 11 is 3.37. The molecule has 3 N–H and O–H groups in total. The maximum absolute atomic E-state index is 12.2. The predicted octanol–water partition coefficient (Wildman–Crippen LogP) is 3.00. The number of nitrogens with one attached hydrogen (secondary N) is 3. The van der Waals surface area contributed by atoms with Crippen molar-refractivity contribution in [2.45, 2.75) is 5.33 Å². The van der Waals surface area contributed by atoms with Crippen molar-refractivity contribution in [3.8, 4) is 0 Å². The third kappa shape index (κ3) is 2.90. The van der Waals surface area contributed by atoms with Crippen molar-refractivity contribution in [1.29, 1.82) is 0 Å². The van der Waals surface area contributed by atoms with Crippen LogP contribution in [0.2, 0.25) is 0 Å². The van der Waals surface area contributed by atoms with E-state index in [9.17, 15) is 9.59 Å². The number of alkyl halides is 1. The zero-order chi connectivity index (χ0) is 14.8. The molecular formula is C15H12BrN3O2. The molecule has 0 atom stereocenters. The highest BCUT2D eigenvalue weighted by Gasteiger charge is 2.07. The molecule has 0 bridgehead atoms. The van der Waals surface area contributed by atoms with Crippen LogP contribution in [0.1, 0.15) is 15.9 Å². The molecule has 1 aromatic heterocycles. The number of carbonyl (C=O) groups is 1. The Morgan fingerprint density at radius 1 is 1.05 bits per heavy atom. The van der Waals surface area contributed by atoms with Gasteiger partial charge in [0.2, 0.25) is 0 Å².